The first kappa shape index (κ1) is 13.2. The van der Waals surface area contributed by atoms with Crippen LogP contribution in [-0.4, -0.2) is 17.9 Å². The van der Waals surface area contributed by atoms with Crippen molar-refractivity contribution in [2.45, 2.75) is 6.04 Å². The van der Waals surface area contributed by atoms with Gasteiger partial charge in [0.2, 0.25) is 0 Å². The van der Waals surface area contributed by atoms with Gasteiger partial charge in [0.15, 0.2) is 5.76 Å². The van der Waals surface area contributed by atoms with E-state index in [1.54, 1.807) is 43.4 Å². The SMILES string of the molecule is CN(C(=O)c1ccco1)C(C#N)c1ccccc1Cl. The quantitative estimate of drug-likeness (QED) is 0.863. The normalized spacial score (nSPS) is 11.6. The number of carbonyl (C=O) groups excluding carboxylic acids is 1. The van der Waals surface area contributed by atoms with Crippen molar-refractivity contribution < 1.29 is 9.21 Å². The van der Waals surface area contributed by atoms with E-state index >= 15 is 0 Å². The maximum atomic E-state index is 12.1. The lowest BCUT2D eigenvalue weighted by molar-refractivity contribution is 0.0731. The third-order valence-corrected chi connectivity index (χ3v) is 3.11. The molecule has 1 heterocycles. The summed E-state index contributed by atoms with van der Waals surface area (Å²) < 4.78 is 5.04. The molecule has 0 spiro atoms. The van der Waals surface area contributed by atoms with Gasteiger partial charge in [-0.25, -0.2) is 0 Å². The molecular formula is C14H11ClN2O2. The summed E-state index contributed by atoms with van der Waals surface area (Å²) in [6, 6.07) is 11.5. The van der Waals surface area contributed by atoms with Crippen molar-refractivity contribution in [3.8, 4) is 6.07 Å². The van der Waals surface area contributed by atoms with E-state index in [0.717, 1.165) is 0 Å². The minimum absolute atomic E-state index is 0.190. The molecule has 0 fully saturated rings. The first-order chi connectivity index (χ1) is 9.15. The molecule has 0 saturated carbocycles. The van der Waals surface area contributed by atoms with Gasteiger partial charge < -0.3 is 9.32 Å². The molecule has 0 bridgehead atoms. The Kier molecular flexibility index (Phi) is 3.88. The summed E-state index contributed by atoms with van der Waals surface area (Å²) in [5.41, 5.74) is 0.592. The van der Waals surface area contributed by atoms with Crippen molar-refractivity contribution in [2.75, 3.05) is 7.05 Å². The van der Waals surface area contributed by atoms with Crippen LogP contribution in [0.25, 0.3) is 0 Å². The van der Waals surface area contributed by atoms with Gasteiger partial charge in [0.05, 0.1) is 12.3 Å². The largest absolute Gasteiger partial charge is 0.459 e. The number of benzene rings is 1. The highest BCUT2D eigenvalue weighted by molar-refractivity contribution is 6.31. The lowest BCUT2D eigenvalue weighted by Crippen LogP contribution is -2.30. The second kappa shape index (κ2) is 5.59. The molecule has 1 unspecified atom stereocenters. The molecule has 0 N–H and O–H groups in total. The molecule has 19 heavy (non-hydrogen) atoms. The summed E-state index contributed by atoms with van der Waals surface area (Å²) in [6.45, 7) is 0. The van der Waals surface area contributed by atoms with Gasteiger partial charge in [0, 0.05) is 17.6 Å². The van der Waals surface area contributed by atoms with Gasteiger partial charge in [-0.05, 0) is 18.2 Å². The maximum Gasteiger partial charge on any atom is 0.290 e. The van der Waals surface area contributed by atoms with Gasteiger partial charge >= 0.3 is 0 Å². The fourth-order valence-electron chi connectivity index (χ4n) is 1.75. The summed E-state index contributed by atoms with van der Waals surface area (Å²) in [4.78, 5) is 13.4. The smallest absolute Gasteiger partial charge is 0.290 e. The van der Waals surface area contributed by atoms with Crippen molar-refractivity contribution in [1.29, 1.82) is 5.26 Å². The molecule has 0 aliphatic heterocycles. The van der Waals surface area contributed by atoms with Crippen molar-refractivity contribution in [3.63, 3.8) is 0 Å². The number of hydrogen-bond donors (Lipinski definition) is 0. The Morgan fingerprint density at radius 2 is 2.11 bits per heavy atom. The number of nitrogens with zero attached hydrogens (tertiary/aromatic N) is 2. The van der Waals surface area contributed by atoms with Crippen LogP contribution in [-0.2, 0) is 0 Å². The van der Waals surface area contributed by atoms with Crippen LogP contribution in [0.4, 0.5) is 0 Å². The fourth-order valence-corrected chi connectivity index (χ4v) is 1.99. The molecule has 2 rings (SSSR count). The van der Waals surface area contributed by atoms with Crippen LogP contribution in [0.3, 0.4) is 0 Å². The summed E-state index contributed by atoms with van der Waals surface area (Å²) in [5.74, 6) is -0.175. The van der Waals surface area contributed by atoms with E-state index in [2.05, 4.69) is 6.07 Å². The van der Waals surface area contributed by atoms with Crippen molar-refractivity contribution in [2.24, 2.45) is 0 Å². The minimum atomic E-state index is -0.758. The van der Waals surface area contributed by atoms with Gasteiger partial charge in [-0.1, -0.05) is 29.8 Å². The van der Waals surface area contributed by atoms with Crippen LogP contribution in [0, 0.1) is 11.3 Å². The van der Waals surface area contributed by atoms with E-state index in [4.69, 9.17) is 16.0 Å². The Morgan fingerprint density at radius 3 is 2.68 bits per heavy atom. The third-order valence-electron chi connectivity index (χ3n) is 2.76. The van der Waals surface area contributed by atoms with Crippen LogP contribution in [0.15, 0.2) is 47.1 Å². The van der Waals surface area contributed by atoms with E-state index in [9.17, 15) is 10.1 Å². The predicted molar refractivity (Wildman–Crippen MR) is 70.6 cm³/mol. The number of nitriles is 1. The molecule has 1 atom stereocenters. The average Bonchev–Trinajstić information content (AvgIpc) is 2.94. The van der Waals surface area contributed by atoms with Gasteiger partial charge in [-0.3, -0.25) is 4.79 Å². The van der Waals surface area contributed by atoms with E-state index in [1.165, 1.54) is 11.2 Å². The summed E-state index contributed by atoms with van der Waals surface area (Å²) in [5, 5.41) is 9.74. The molecule has 2 aromatic rings. The van der Waals surface area contributed by atoms with Gasteiger partial charge in [0.1, 0.15) is 6.04 Å². The lowest BCUT2D eigenvalue weighted by atomic mass is 10.1. The fraction of sp³-hybridized carbons (Fsp3) is 0.143. The highest BCUT2D eigenvalue weighted by Gasteiger charge is 2.25. The first-order valence-corrected chi connectivity index (χ1v) is 5.97. The number of carbonyl (C=O) groups is 1. The zero-order chi connectivity index (χ0) is 13.8. The molecule has 1 aromatic heterocycles. The Morgan fingerprint density at radius 1 is 1.37 bits per heavy atom. The zero-order valence-corrected chi connectivity index (χ0v) is 11.0. The monoisotopic (exact) mass is 274 g/mol. The van der Waals surface area contributed by atoms with Crippen LogP contribution in [0.1, 0.15) is 22.2 Å². The Bertz CT molecular complexity index is 617. The summed E-state index contributed by atoms with van der Waals surface area (Å²) in [6.07, 6.45) is 1.41. The second-order valence-electron chi connectivity index (χ2n) is 3.95. The topological polar surface area (TPSA) is 57.2 Å². The van der Waals surface area contributed by atoms with Crippen LogP contribution in [0.5, 0.6) is 0 Å². The van der Waals surface area contributed by atoms with Crippen LogP contribution < -0.4 is 0 Å². The molecule has 0 aliphatic carbocycles. The lowest BCUT2D eigenvalue weighted by Gasteiger charge is -2.22. The zero-order valence-electron chi connectivity index (χ0n) is 10.2. The second-order valence-corrected chi connectivity index (χ2v) is 4.35. The molecule has 0 radical (unpaired) electrons. The minimum Gasteiger partial charge on any atom is -0.459 e. The molecule has 4 nitrogen and oxygen atoms in total. The Hall–Kier alpha value is -2.25. The van der Waals surface area contributed by atoms with Gasteiger partial charge in [-0.2, -0.15) is 5.26 Å². The van der Waals surface area contributed by atoms with Crippen molar-refractivity contribution in [3.05, 3.63) is 59.0 Å². The highest BCUT2D eigenvalue weighted by atomic mass is 35.5. The first-order valence-electron chi connectivity index (χ1n) is 5.60. The maximum absolute atomic E-state index is 12.1. The third kappa shape index (κ3) is 2.61. The standard InChI is InChI=1S/C14H11ClN2O2/c1-17(14(18)13-7-4-8-19-13)12(9-16)10-5-2-3-6-11(10)15/h2-8,12H,1H3. The predicted octanol–water partition coefficient (Wildman–Crippen LogP) is 3.27. The molecule has 5 heteroatoms. The number of amides is 1. The van der Waals surface area contributed by atoms with Gasteiger partial charge in [-0.15, -0.1) is 0 Å². The highest BCUT2D eigenvalue weighted by Crippen LogP contribution is 2.27. The molecule has 0 saturated heterocycles. The average molecular weight is 275 g/mol. The van der Waals surface area contributed by atoms with Crippen LogP contribution >= 0.6 is 11.6 Å². The number of halogens is 1. The molecule has 1 amide bonds. The molecular weight excluding hydrogens is 264 g/mol. The molecule has 1 aromatic carbocycles. The molecule has 96 valence electrons. The van der Waals surface area contributed by atoms with Crippen molar-refractivity contribution >= 4 is 17.5 Å². The number of hydrogen-bond acceptors (Lipinski definition) is 3. The number of rotatable bonds is 3. The van der Waals surface area contributed by atoms with E-state index in [0.29, 0.717) is 10.6 Å². The summed E-state index contributed by atoms with van der Waals surface area (Å²) >= 11 is 6.06. The number of furan rings is 1. The molecule has 0 aliphatic rings. The van der Waals surface area contributed by atoms with Crippen LogP contribution in [0.2, 0.25) is 5.02 Å². The van der Waals surface area contributed by atoms with Gasteiger partial charge in [0.25, 0.3) is 5.91 Å². The Balaban J connectivity index is 2.31. The van der Waals surface area contributed by atoms with E-state index in [-0.39, 0.29) is 11.7 Å². The van der Waals surface area contributed by atoms with Crippen molar-refractivity contribution in [1.82, 2.24) is 4.90 Å². The summed E-state index contributed by atoms with van der Waals surface area (Å²) in [7, 11) is 1.54. The Labute approximate surface area is 115 Å². The van der Waals surface area contributed by atoms with E-state index in [1.807, 2.05) is 0 Å². The van der Waals surface area contributed by atoms with E-state index < -0.39 is 6.04 Å².